The van der Waals surface area contributed by atoms with Crippen LogP contribution in [-0.4, -0.2) is 26.3 Å². The summed E-state index contributed by atoms with van der Waals surface area (Å²) in [6.45, 7) is 6.55. The maximum Gasteiger partial charge on any atom is 0.0621 e. The topological polar surface area (TPSA) is 21.3 Å². The molecule has 0 aliphatic heterocycles. The largest absolute Gasteiger partial charge is 0.383 e. The summed E-state index contributed by atoms with van der Waals surface area (Å²) in [4.78, 5) is 0. The first-order valence-corrected chi connectivity index (χ1v) is 6.51. The third-order valence-electron chi connectivity index (χ3n) is 4.02. The number of methoxy groups -OCH3 is 1. The average molecular weight is 213 g/mol. The molecule has 1 atom stereocenters. The van der Waals surface area contributed by atoms with Gasteiger partial charge in [0.05, 0.1) is 6.61 Å². The molecule has 2 heteroatoms. The zero-order chi connectivity index (χ0) is 11.1. The van der Waals surface area contributed by atoms with Gasteiger partial charge in [-0.3, -0.25) is 0 Å². The van der Waals surface area contributed by atoms with Crippen LogP contribution in [0.2, 0.25) is 0 Å². The second kappa shape index (κ2) is 6.49. The van der Waals surface area contributed by atoms with Gasteiger partial charge in [0.2, 0.25) is 0 Å². The number of nitrogens with one attached hydrogen (secondary N) is 1. The molecule has 90 valence electrons. The first-order valence-electron chi connectivity index (χ1n) is 6.51. The minimum Gasteiger partial charge on any atom is -0.383 e. The molecule has 0 aromatic carbocycles. The van der Waals surface area contributed by atoms with Crippen molar-refractivity contribution in [1.29, 1.82) is 0 Å². The van der Waals surface area contributed by atoms with Crippen molar-refractivity contribution in [3.8, 4) is 0 Å². The maximum atomic E-state index is 5.38. The smallest absolute Gasteiger partial charge is 0.0621 e. The van der Waals surface area contributed by atoms with E-state index in [0.29, 0.717) is 11.5 Å². The van der Waals surface area contributed by atoms with E-state index in [9.17, 15) is 0 Å². The molecule has 1 N–H and O–H groups in total. The predicted octanol–water partition coefficient (Wildman–Crippen LogP) is 2.97. The molecule has 1 rings (SSSR count). The van der Waals surface area contributed by atoms with Crippen LogP contribution < -0.4 is 5.32 Å². The van der Waals surface area contributed by atoms with Gasteiger partial charge < -0.3 is 10.1 Å². The molecule has 2 nitrogen and oxygen atoms in total. The molecular weight excluding hydrogens is 186 g/mol. The second-order valence-electron chi connectivity index (χ2n) is 4.89. The molecule has 0 bridgehead atoms. The Kier molecular flexibility index (Phi) is 5.62. The summed E-state index contributed by atoms with van der Waals surface area (Å²) >= 11 is 0. The molecule has 0 amide bonds. The van der Waals surface area contributed by atoms with E-state index in [-0.39, 0.29) is 0 Å². The Morgan fingerprint density at radius 2 is 1.93 bits per heavy atom. The molecular formula is C13H27NO. The summed E-state index contributed by atoms with van der Waals surface area (Å²) in [6, 6.07) is 0.565. The van der Waals surface area contributed by atoms with Crippen LogP contribution in [-0.2, 0) is 4.74 Å². The summed E-state index contributed by atoms with van der Waals surface area (Å²) in [5.74, 6) is 0. The highest BCUT2D eigenvalue weighted by Crippen LogP contribution is 2.43. The molecule has 0 radical (unpaired) electrons. The van der Waals surface area contributed by atoms with Crippen LogP contribution in [0.15, 0.2) is 0 Å². The molecule has 0 aromatic rings. The van der Waals surface area contributed by atoms with Crippen molar-refractivity contribution < 1.29 is 4.74 Å². The average Bonchev–Trinajstić information content (AvgIpc) is 2.74. The minimum absolute atomic E-state index is 0.519. The lowest BCUT2D eigenvalue weighted by Crippen LogP contribution is -2.47. The molecule has 1 unspecified atom stereocenters. The minimum atomic E-state index is 0.519. The van der Waals surface area contributed by atoms with Crippen LogP contribution in [0, 0.1) is 5.41 Å². The van der Waals surface area contributed by atoms with E-state index in [0.717, 1.165) is 13.2 Å². The molecule has 0 aromatic heterocycles. The maximum absolute atomic E-state index is 5.38. The van der Waals surface area contributed by atoms with Gasteiger partial charge in [0.15, 0.2) is 0 Å². The van der Waals surface area contributed by atoms with Crippen molar-refractivity contribution in [2.24, 2.45) is 5.41 Å². The van der Waals surface area contributed by atoms with Gasteiger partial charge in [0, 0.05) is 13.2 Å². The van der Waals surface area contributed by atoms with Crippen molar-refractivity contribution in [3.63, 3.8) is 0 Å². The standard InChI is InChI=1S/C13H27NO/c1-4-10-14-12(11-15-3)13(5-2)8-6-7-9-13/h12,14H,4-11H2,1-3H3. The number of rotatable bonds is 7. The van der Waals surface area contributed by atoms with Gasteiger partial charge >= 0.3 is 0 Å². The van der Waals surface area contributed by atoms with Crippen LogP contribution in [0.5, 0.6) is 0 Å². The van der Waals surface area contributed by atoms with Gasteiger partial charge in [0.25, 0.3) is 0 Å². The summed E-state index contributed by atoms with van der Waals surface area (Å²) in [5.41, 5.74) is 0.519. The van der Waals surface area contributed by atoms with Gasteiger partial charge in [-0.15, -0.1) is 0 Å². The summed E-state index contributed by atoms with van der Waals surface area (Å²) in [5, 5.41) is 3.68. The first-order chi connectivity index (χ1) is 7.29. The highest BCUT2D eigenvalue weighted by Gasteiger charge is 2.39. The highest BCUT2D eigenvalue weighted by atomic mass is 16.5. The number of ether oxygens (including phenoxy) is 1. The summed E-state index contributed by atoms with van der Waals surface area (Å²) in [6.07, 6.45) is 8.07. The zero-order valence-corrected chi connectivity index (χ0v) is 10.6. The zero-order valence-electron chi connectivity index (χ0n) is 10.6. The monoisotopic (exact) mass is 213 g/mol. The van der Waals surface area contributed by atoms with Crippen LogP contribution in [0.3, 0.4) is 0 Å². The van der Waals surface area contributed by atoms with Crippen molar-refractivity contribution in [3.05, 3.63) is 0 Å². The van der Waals surface area contributed by atoms with Crippen LogP contribution >= 0.6 is 0 Å². The Bertz CT molecular complexity index is 164. The van der Waals surface area contributed by atoms with E-state index in [1.54, 1.807) is 0 Å². The summed E-state index contributed by atoms with van der Waals surface area (Å²) < 4.78 is 5.38. The molecule has 1 fully saturated rings. The predicted molar refractivity (Wildman–Crippen MR) is 65.1 cm³/mol. The van der Waals surface area contributed by atoms with Gasteiger partial charge in [-0.05, 0) is 37.6 Å². The lowest BCUT2D eigenvalue weighted by atomic mass is 9.76. The fourth-order valence-corrected chi connectivity index (χ4v) is 2.96. The Morgan fingerprint density at radius 1 is 1.27 bits per heavy atom. The molecule has 0 saturated heterocycles. The third-order valence-corrected chi connectivity index (χ3v) is 4.02. The summed E-state index contributed by atoms with van der Waals surface area (Å²) in [7, 11) is 1.82. The van der Waals surface area contributed by atoms with E-state index in [1.807, 2.05) is 7.11 Å². The fourth-order valence-electron chi connectivity index (χ4n) is 2.96. The SMILES string of the molecule is CCCNC(COC)C1(CC)CCCC1. The van der Waals surface area contributed by atoms with E-state index >= 15 is 0 Å². The third kappa shape index (κ3) is 3.18. The van der Waals surface area contributed by atoms with E-state index in [1.165, 1.54) is 38.5 Å². The van der Waals surface area contributed by atoms with Gasteiger partial charge in [-0.25, -0.2) is 0 Å². The number of hydrogen-bond acceptors (Lipinski definition) is 2. The van der Waals surface area contributed by atoms with Crippen LogP contribution in [0.4, 0.5) is 0 Å². The van der Waals surface area contributed by atoms with Gasteiger partial charge in [0.1, 0.15) is 0 Å². The lowest BCUT2D eigenvalue weighted by Gasteiger charge is -2.37. The molecule has 0 heterocycles. The van der Waals surface area contributed by atoms with Crippen LogP contribution in [0.25, 0.3) is 0 Å². The van der Waals surface area contributed by atoms with Crippen LogP contribution in [0.1, 0.15) is 52.4 Å². The van der Waals surface area contributed by atoms with E-state index in [2.05, 4.69) is 19.2 Å². The first kappa shape index (κ1) is 13.0. The molecule has 0 spiro atoms. The van der Waals surface area contributed by atoms with Crippen molar-refractivity contribution in [2.45, 2.75) is 58.4 Å². The normalized spacial score (nSPS) is 21.8. The molecule has 15 heavy (non-hydrogen) atoms. The Hall–Kier alpha value is -0.0800. The van der Waals surface area contributed by atoms with E-state index < -0.39 is 0 Å². The quantitative estimate of drug-likeness (QED) is 0.702. The van der Waals surface area contributed by atoms with Gasteiger partial charge in [-0.1, -0.05) is 26.7 Å². The molecule has 1 saturated carbocycles. The fraction of sp³-hybridized carbons (Fsp3) is 1.00. The molecule has 1 aliphatic carbocycles. The second-order valence-corrected chi connectivity index (χ2v) is 4.89. The van der Waals surface area contributed by atoms with E-state index in [4.69, 9.17) is 4.74 Å². The lowest BCUT2D eigenvalue weighted by molar-refractivity contribution is 0.0852. The Labute approximate surface area is 94.8 Å². The molecule has 1 aliphatic rings. The van der Waals surface area contributed by atoms with Crippen molar-refractivity contribution in [2.75, 3.05) is 20.3 Å². The Balaban J connectivity index is 2.57. The Morgan fingerprint density at radius 3 is 2.40 bits per heavy atom. The van der Waals surface area contributed by atoms with Gasteiger partial charge in [-0.2, -0.15) is 0 Å². The van der Waals surface area contributed by atoms with Crippen molar-refractivity contribution in [1.82, 2.24) is 5.32 Å². The number of hydrogen-bond donors (Lipinski definition) is 1. The highest BCUT2D eigenvalue weighted by molar-refractivity contribution is 4.93. The van der Waals surface area contributed by atoms with Crippen molar-refractivity contribution >= 4 is 0 Å².